The quantitative estimate of drug-likeness (QED) is 0.716. The van der Waals surface area contributed by atoms with Gasteiger partial charge < -0.3 is 0 Å². The van der Waals surface area contributed by atoms with Gasteiger partial charge in [0.25, 0.3) is 5.91 Å². The monoisotopic (exact) mass is 371 g/mol. The van der Waals surface area contributed by atoms with E-state index < -0.39 is 0 Å². The van der Waals surface area contributed by atoms with E-state index in [0.29, 0.717) is 27.3 Å². The maximum atomic E-state index is 12.7. The van der Waals surface area contributed by atoms with Crippen LogP contribution in [0.15, 0.2) is 52.6 Å². The van der Waals surface area contributed by atoms with Crippen molar-refractivity contribution in [1.82, 2.24) is 9.88 Å². The number of thioether (sulfide) groups is 1. The first-order valence-electron chi connectivity index (χ1n) is 8.11. The van der Waals surface area contributed by atoms with Gasteiger partial charge in [-0.15, -0.1) is 0 Å². The SMILES string of the molecule is CCc1ccc(/C=C2\SC(=Nc3ccncc3Cl)N(CC)C2=O)cc1. The average Bonchev–Trinajstić information content (AvgIpc) is 2.92. The molecular formula is C19H18ClN3OS. The second-order valence-corrected chi connectivity index (χ2v) is 6.89. The van der Waals surface area contributed by atoms with E-state index in [0.717, 1.165) is 12.0 Å². The zero-order chi connectivity index (χ0) is 17.8. The Morgan fingerprint density at radius 3 is 2.64 bits per heavy atom. The fourth-order valence-corrected chi connectivity index (χ4v) is 3.65. The Bertz CT molecular complexity index is 846. The lowest BCUT2D eigenvalue weighted by Gasteiger charge is -2.12. The van der Waals surface area contributed by atoms with Crippen molar-refractivity contribution in [3.8, 4) is 0 Å². The highest BCUT2D eigenvalue weighted by Crippen LogP contribution is 2.35. The van der Waals surface area contributed by atoms with Gasteiger partial charge in [0.2, 0.25) is 0 Å². The molecule has 0 bridgehead atoms. The molecule has 1 aromatic carbocycles. The van der Waals surface area contributed by atoms with Crippen molar-refractivity contribution < 1.29 is 4.79 Å². The fourth-order valence-electron chi connectivity index (χ4n) is 2.43. The molecule has 0 aliphatic carbocycles. The van der Waals surface area contributed by atoms with Crippen LogP contribution in [0.25, 0.3) is 6.08 Å². The molecule has 1 aliphatic heterocycles. The molecule has 0 radical (unpaired) electrons. The third-order valence-electron chi connectivity index (χ3n) is 3.86. The summed E-state index contributed by atoms with van der Waals surface area (Å²) >= 11 is 7.50. The molecule has 2 aromatic rings. The second kappa shape index (κ2) is 7.85. The van der Waals surface area contributed by atoms with Crippen LogP contribution in [0.1, 0.15) is 25.0 Å². The van der Waals surface area contributed by atoms with Crippen LogP contribution in [-0.2, 0) is 11.2 Å². The summed E-state index contributed by atoms with van der Waals surface area (Å²) in [5.74, 6) is -0.0315. The first-order chi connectivity index (χ1) is 12.1. The Kier molecular flexibility index (Phi) is 5.56. The number of pyridine rings is 1. The Morgan fingerprint density at radius 2 is 2.00 bits per heavy atom. The number of benzene rings is 1. The maximum Gasteiger partial charge on any atom is 0.266 e. The number of hydrogen-bond acceptors (Lipinski definition) is 4. The van der Waals surface area contributed by atoms with Crippen molar-refractivity contribution in [3.63, 3.8) is 0 Å². The van der Waals surface area contributed by atoms with Crippen molar-refractivity contribution in [2.24, 2.45) is 4.99 Å². The van der Waals surface area contributed by atoms with Gasteiger partial charge >= 0.3 is 0 Å². The Morgan fingerprint density at radius 1 is 1.24 bits per heavy atom. The van der Waals surface area contributed by atoms with E-state index in [4.69, 9.17) is 11.6 Å². The summed E-state index contributed by atoms with van der Waals surface area (Å²) in [5, 5.41) is 1.10. The normalized spacial score (nSPS) is 17.7. The molecule has 1 fully saturated rings. The number of amidine groups is 1. The van der Waals surface area contributed by atoms with Gasteiger partial charge in [-0.2, -0.15) is 0 Å². The molecule has 4 nitrogen and oxygen atoms in total. The van der Waals surface area contributed by atoms with Crippen molar-refractivity contribution in [2.45, 2.75) is 20.3 Å². The Hall–Kier alpha value is -2.11. The number of hydrogen-bond donors (Lipinski definition) is 0. The number of carbonyl (C=O) groups is 1. The van der Waals surface area contributed by atoms with E-state index in [9.17, 15) is 4.79 Å². The van der Waals surface area contributed by atoms with Crippen molar-refractivity contribution in [2.75, 3.05) is 6.54 Å². The van der Waals surface area contributed by atoms with Gasteiger partial charge in [0.1, 0.15) is 0 Å². The zero-order valence-electron chi connectivity index (χ0n) is 14.1. The molecule has 1 saturated heterocycles. The molecule has 2 heterocycles. The smallest absolute Gasteiger partial charge is 0.266 e. The van der Waals surface area contributed by atoms with Gasteiger partial charge in [0.05, 0.1) is 15.6 Å². The van der Waals surface area contributed by atoms with Gasteiger partial charge in [-0.25, -0.2) is 4.99 Å². The lowest BCUT2D eigenvalue weighted by Crippen LogP contribution is -2.28. The van der Waals surface area contributed by atoms with Crippen LogP contribution >= 0.6 is 23.4 Å². The molecule has 0 N–H and O–H groups in total. The molecule has 0 spiro atoms. The lowest BCUT2D eigenvalue weighted by atomic mass is 10.1. The first-order valence-corrected chi connectivity index (χ1v) is 9.30. The van der Waals surface area contributed by atoms with Crippen LogP contribution in [0.2, 0.25) is 5.02 Å². The van der Waals surface area contributed by atoms with Crippen molar-refractivity contribution in [3.05, 3.63) is 63.8 Å². The number of carbonyl (C=O) groups excluding carboxylic acids is 1. The van der Waals surface area contributed by atoms with E-state index in [1.54, 1.807) is 23.4 Å². The third kappa shape index (κ3) is 3.94. The molecule has 6 heteroatoms. The van der Waals surface area contributed by atoms with E-state index in [2.05, 4.69) is 29.0 Å². The minimum Gasteiger partial charge on any atom is -0.287 e. The molecule has 25 heavy (non-hydrogen) atoms. The summed E-state index contributed by atoms with van der Waals surface area (Å²) in [4.78, 5) is 23.5. The fraction of sp³-hybridized carbons (Fsp3) is 0.211. The number of nitrogens with zero attached hydrogens (tertiary/aromatic N) is 3. The first kappa shape index (κ1) is 17.7. The molecule has 1 aliphatic rings. The second-order valence-electron chi connectivity index (χ2n) is 5.48. The van der Waals surface area contributed by atoms with Crippen LogP contribution in [0.4, 0.5) is 5.69 Å². The number of aliphatic imine (C=N–C) groups is 1. The minimum atomic E-state index is -0.0315. The van der Waals surface area contributed by atoms with Gasteiger partial charge in [-0.05, 0) is 48.4 Å². The lowest BCUT2D eigenvalue weighted by molar-refractivity contribution is -0.122. The van der Waals surface area contributed by atoms with Crippen LogP contribution in [-0.4, -0.2) is 27.5 Å². The van der Waals surface area contributed by atoms with Gasteiger partial charge in [-0.3, -0.25) is 14.7 Å². The highest BCUT2D eigenvalue weighted by molar-refractivity contribution is 8.18. The summed E-state index contributed by atoms with van der Waals surface area (Å²) < 4.78 is 0. The number of rotatable bonds is 4. The number of likely N-dealkylation sites (N-methyl/N-ethyl adjacent to an activating group) is 1. The topological polar surface area (TPSA) is 45.6 Å². The molecule has 3 rings (SSSR count). The largest absolute Gasteiger partial charge is 0.287 e. The number of halogens is 1. The molecule has 0 atom stereocenters. The summed E-state index contributed by atoms with van der Waals surface area (Å²) in [6.07, 6.45) is 6.09. The zero-order valence-corrected chi connectivity index (χ0v) is 15.6. The van der Waals surface area contributed by atoms with Gasteiger partial charge in [-0.1, -0.05) is 42.8 Å². The van der Waals surface area contributed by atoms with Crippen LogP contribution < -0.4 is 0 Å². The Labute approximate surface area is 156 Å². The summed E-state index contributed by atoms with van der Waals surface area (Å²) in [5.41, 5.74) is 2.89. The van der Waals surface area contributed by atoms with E-state index in [1.807, 2.05) is 25.1 Å². The van der Waals surface area contributed by atoms with Crippen molar-refractivity contribution in [1.29, 1.82) is 0 Å². The predicted octanol–water partition coefficient (Wildman–Crippen LogP) is 4.92. The predicted molar refractivity (Wildman–Crippen MR) is 105 cm³/mol. The average molecular weight is 372 g/mol. The molecule has 1 aromatic heterocycles. The number of aromatic nitrogens is 1. The Balaban J connectivity index is 1.91. The summed E-state index contributed by atoms with van der Waals surface area (Å²) in [7, 11) is 0. The van der Waals surface area contributed by atoms with E-state index in [-0.39, 0.29) is 5.91 Å². The van der Waals surface area contributed by atoms with Crippen LogP contribution in [0.3, 0.4) is 0 Å². The minimum absolute atomic E-state index is 0.0315. The molecule has 128 valence electrons. The molecule has 1 amide bonds. The summed E-state index contributed by atoms with van der Waals surface area (Å²) in [6.45, 7) is 4.61. The molecule has 0 unspecified atom stereocenters. The van der Waals surface area contributed by atoms with Gasteiger partial charge in [0, 0.05) is 18.9 Å². The van der Waals surface area contributed by atoms with Crippen molar-refractivity contribution >= 4 is 46.2 Å². The van der Waals surface area contributed by atoms with E-state index >= 15 is 0 Å². The van der Waals surface area contributed by atoms with E-state index in [1.165, 1.54) is 17.3 Å². The number of amides is 1. The van der Waals surface area contributed by atoms with Crippen LogP contribution in [0, 0.1) is 0 Å². The third-order valence-corrected chi connectivity index (χ3v) is 5.16. The molecule has 0 saturated carbocycles. The standard InChI is InChI=1S/C19H18ClN3OS/c1-3-13-5-7-14(8-6-13)11-17-18(24)23(4-2)19(25-17)22-16-9-10-21-12-15(16)20/h5-12H,3-4H2,1-2H3/b17-11-,22-19?. The highest BCUT2D eigenvalue weighted by atomic mass is 35.5. The maximum absolute atomic E-state index is 12.7. The van der Waals surface area contributed by atoms with Gasteiger partial charge in [0.15, 0.2) is 5.17 Å². The van der Waals surface area contributed by atoms with Crippen LogP contribution in [0.5, 0.6) is 0 Å². The molecular weight excluding hydrogens is 354 g/mol. The summed E-state index contributed by atoms with van der Waals surface area (Å²) in [6, 6.07) is 9.97. The number of aryl methyl sites for hydroxylation is 1. The highest BCUT2D eigenvalue weighted by Gasteiger charge is 2.32.